The fourth-order valence-corrected chi connectivity index (χ4v) is 2.31. The molecule has 21 heavy (non-hydrogen) atoms. The molecule has 0 heterocycles. The third kappa shape index (κ3) is 4.08. The SMILES string of the molecule is C=C(CC)COc1ccc2ccccc2c1CNCCC. The predicted molar refractivity (Wildman–Crippen MR) is 90.9 cm³/mol. The Kier molecular flexibility index (Phi) is 5.82. The van der Waals surface area contributed by atoms with E-state index in [1.807, 2.05) is 0 Å². The van der Waals surface area contributed by atoms with Gasteiger partial charge in [-0.1, -0.05) is 50.8 Å². The minimum atomic E-state index is 0.593. The van der Waals surface area contributed by atoms with Gasteiger partial charge in [-0.15, -0.1) is 0 Å². The van der Waals surface area contributed by atoms with Gasteiger partial charge in [-0.3, -0.25) is 0 Å². The molecule has 0 saturated heterocycles. The van der Waals surface area contributed by atoms with E-state index in [1.54, 1.807) is 0 Å². The fourth-order valence-electron chi connectivity index (χ4n) is 2.31. The number of hydrogen-bond acceptors (Lipinski definition) is 2. The summed E-state index contributed by atoms with van der Waals surface area (Å²) in [6.07, 6.45) is 2.09. The second-order valence-electron chi connectivity index (χ2n) is 5.33. The molecular formula is C19H25NO. The number of ether oxygens (including phenoxy) is 1. The highest BCUT2D eigenvalue weighted by Crippen LogP contribution is 2.28. The minimum Gasteiger partial charge on any atom is -0.489 e. The Balaban J connectivity index is 2.29. The van der Waals surface area contributed by atoms with E-state index in [0.29, 0.717) is 6.61 Å². The molecule has 0 amide bonds. The van der Waals surface area contributed by atoms with Crippen molar-refractivity contribution in [1.29, 1.82) is 0 Å². The van der Waals surface area contributed by atoms with Crippen molar-refractivity contribution in [2.45, 2.75) is 33.2 Å². The predicted octanol–water partition coefficient (Wildman–Crippen LogP) is 4.68. The normalized spacial score (nSPS) is 10.8. The van der Waals surface area contributed by atoms with Crippen LogP contribution in [0, 0.1) is 0 Å². The van der Waals surface area contributed by atoms with Crippen molar-refractivity contribution >= 4 is 10.8 Å². The van der Waals surface area contributed by atoms with Gasteiger partial charge in [-0.25, -0.2) is 0 Å². The summed E-state index contributed by atoms with van der Waals surface area (Å²) in [6.45, 7) is 10.7. The Morgan fingerprint density at radius 2 is 1.95 bits per heavy atom. The van der Waals surface area contributed by atoms with Crippen molar-refractivity contribution in [3.05, 3.63) is 54.1 Å². The molecule has 0 aliphatic heterocycles. The van der Waals surface area contributed by atoms with Crippen molar-refractivity contribution in [3.8, 4) is 5.75 Å². The second-order valence-corrected chi connectivity index (χ2v) is 5.33. The first-order valence-corrected chi connectivity index (χ1v) is 7.77. The van der Waals surface area contributed by atoms with Crippen LogP contribution in [0.15, 0.2) is 48.6 Å². The van der Waals surface area contributed by atoms with Gasteiger partial charge in [0.15, 0.2) is 0 Å². The molecule has 2 aromatic rings. The fraction of sp³-hybridized carbons (Fsp3) is 0.368. The van der Waals surface area contributed by atoms with Crippen LogP contribution in [0.1, 0.15) is 32.3 Å². The lowest BCUT2D eigenvalue weighted by Crippen LogP contribution is -2.15. The second kappa shape index (κ2) is 7.84. The molecule has 0 spiro atoms. The van der Waals surface area contributed by atoms with E-state index in [9.17, 15) is 0 Å². The molecule has 0 aliphatic carbocycles. The van der Waals surface area contributed by atoms with E-state index in [0.717, 1.165) is 37.3 Å². The van der Waals surface area contributed by atoms with Crippen molar-refractivity contribution in [3.63, 3.8) is 0 Å². The Morgan fingerprint density at radius 1 is 1.14 bits per heavy atom. The molecule has 0 fully saturated rings. The van der Waals surface area contributed by atoms with Gasteiger partial charge in [-0.05, 0) is 41.8 Å². The van der Waals surface area contributed by atoms with Gasteiger partial charge in [0.05, 0.1) is 0 Å². The first-order valence-electron chi connectivity index (χ1n) is 7.77. The Morgan fingerprint density at radius 3 is 2.71 bits per heavy atom. The van der Waals surface area contributed by atoms with Crippen LogP contribution in [0.25, 0.3) is 10.8 Å². The third-order valence-corrected chi connectivity index (χ3v) is 3.66. The molecule has 2 heteroatoms. The van der Waals surface area contributed by atoms with Crippen molar-refractivity contribution < 1.29 is 4.74 Å². The molecular weight excluding hydrogens is 258 g/mol. The number of rotatable bonds is 8. The van der Waals surface area contributed by atoms with Crippen LogP contribution >= 0.6 is 0 Å². The van der Waals surface area contributed by atoms with Crippen molar-refractivity contribution in [1.82, 2.24) is 5.32 Å². The molecule has 0 saturated carbocycles. The lowest BCUT2D eigenvalue weighted by Gasteiger charge is -2.15. The van der Waals surface area contributed by atoms with E-state index in [1.165, 1.54) is 16.3 Å². The lowest BCUT2D eigenvalue weighted by atomic mass is 10.0. The van der Waals surface area contributed by atoms with Crippen molar-refractivity contribution in [2.24, 2.45) is 0 Å². The molecule has 0 unspecified atom stereocenters. The maximum absolute atomic E-state index is 5.99. The van der Waals surface area contributed by atoms with Crippen LogP contribution in [0.3, 0.4) is 0 Å². The topological polar surface area (TPSA) is 21.3 Å². The van der Waals surface area contributed by atoms with E-state index >= 15 is 0 Å². The molecule has 2 aromatic carbocycles. The highest BCUT2D eigenvalue weighted by molar-refractivity contribution is 5.87. The van der Waals surface area contributed by atoms with Crippen LogP contribution in [0.5, 0.6) is 5.75 Å². The Hall–Kier alpha value is -1.80. The molecule has 0 aliphatic rings. The van der Waals surface area contributed by atoms with Crippen LogP contribution < -0.4 is 10.1 Å². The summed E-state index contributed by atoms with van der Waals surface area (Å²) < 4.78 is 5.99. The Labute approximate surface area is 127 Å². The van der Waals surface area contributed by atoms with Gasteiger partial charge >= 0.3 is 0 Å². The average molecular weight is 283 g/mol. The summed E-state index contributed by atoms with van der Waals surface area (Å²) in [7, 11) is 0. The maximum Gasteiger partial charge on any atom is 0.124 e. The van der Waals surface area contributed by atoms with E-state index in [-0.39, 0.29) is 0 Å². The largest absolute Gasteiger partial charge is 0.489 e. The molecule has 2 nitrogen and oxygen atoms in total. The minimum absolute atomic E-state index is 0.593. The first-order chi connectivity index (χ1) is 10.3. The summed E-state index contributed by atoms with van der Waals surface area (Å²) in [5.74, 6) is 0.965. The van der Waals surface area contributed by atoms with Crippen LogP contribution in [-0.2, 0) is 6.54 Å². The van der Waals surface area contributed by atoms with Gasteiger partial charge < -0.3 is 10.1 Å². The molecule has 0 aromatic heterocycles. The zero-order chi connectivity index (χ0) is 15.1. The van der Waals surface area contributed by atoms with E-state index < -0.39 is 0 Å². The van der Waals surface area contributed by atoms with E-state index in [2.05, 4.69) is 62.1 Å². The number of nitrogens with one attached hydrogen (secondary N) is 1. The third-order valence-electron chi connectivity index (χ3n) is 3.66. The Bertz CT molecular complexity index is 604. The molecule has 0 radical (unpaired) electrons. The number of benzene rings is 2. The van der Waals surface area contributed by atoms with Crippen LogP contribution in [0.2, 0.25) is 0 Å². The van der Waals surface area contributed by atoms with Crippen LogP contribution in [-0.4, -0.2) is 13.2 Å². The summed E-state index contributed by atoms with van der Waals surface area (Å²) in [4.78, 5) is 0. The van der Waals surface area contributed by atoms with Gasteiger partial charge in [-0.2, -0.15) is 0 Å². The molecule has 1 N–H and O–H groups in total. The number of hydrogen-bond donors (Lipinski definition) is 1. The van der Waals surface area contributed by atoms with Gasteiger partial charge in [0.25, 0.3) is 0 Å². The quantitative estimate of drug-likeness (QED) is 0.561. The van der Waals surface area contributed by atoms with Gasteiger partial charge in [0, 0.05) is 12.1 Å². The van der Waals surface area contributed by atoms with Gasteiger partial charge in [0.1, 0.15) is 12.4 Å². The smallest absolute Gasteiger partial charge is 0.124 e. The summed E-state index contributed by atoms with van der Waals surface area (Å²) in [6, 6.07) is 12.7. The zero-order valence-electron chi connectivity index (χ0n) is 13.1. The van der Waals surface area contributed by atoms with Crippen LogP contribution in [0.4, 0.5) is 0 Å². The summed E-state index contributed by atoms with van der Waals surface area (Å²) in [5, 5.41) is 6.00. The summed E-state index contributed by atoms with van der Waals surface area (Å²) in [5.41, 5.74) is 2.36. The maximum atomic E-state index is 5.99. The lowest BCUT2D eigenvalue weighted by molar-refractivity contribution is 0.345. The molecule has 2 rings (SSSR count). The first kappa shape index (κ1) is 15.6. The van der Waals surface area contributed by atoms with E-state index in [4.69, 9.17) is 4.74 Å². The van der Waals surface area contributed by atoms with Crippen molar-refractivity contribution in [2.75, 3.05) is 13.2 Å². The average Bonchev–Trinajstić information content (AvgIpc) is 2.53. The monoisotopic (exact) mass is 283 g/mol. The van der Waals surface area contributed by atoms with Gasteiger partial charge in [0.2, 0.25) is 0 Å². The summed E-state index contributed by atoms with van der Waals surface area (Å²) >= 11 is 0. The zero-order valence-corrected chi connectivity index (χ0v) is 13.1. The molecule has 112 valence electrons. The highest BCUT2D eigenvalue weighted by Gasteiger charge is 2.08. The molecule has 0 atom stereocenters. The molecule has 0 bridgehead atoms. The number of fused-ring (bicyclic) bond motifs is 1. The highest BCUT2D eigenvalue weighted by atomic mass is 16.5. The standard InChI is InChI=1S/C19H25NO/c1-4-12-20-13-18-17-9-7-6-8-16(17)10-11-19(18)21-14-15(3)5-2/h6-11,20H,3-5,12-14H2,1-2H3.